The van der Waals surface area contributed by atoms with Crippen LogP contribution in [-0.4, -0.2) is 4.98 Å². The smallest absolute Gasteiger partial charge is 0.147 e. The third-order valence-corrected chi connectivity index (χ3v) is 3.16. The Morgan fingerprint density at radius 2 is 2.25 bits per heavy atom. The Morgan fingerprint density at radius 3 is 2.90 bits per heavy atom. The van der Waals surface area contributed by atoms with Gasteiger partial charge in [0.1, 0.15) is 24.1 Å². The van der Waals surface area contributed by atoms with Gasteiger partial charge in [-0.1, -0.05) is 23.7 Å². The highest BCUT2D eigenvalue weighted by atomic mass is 35.5. The molecule has 1 atom stereocenters. The second kappa shape index (κ2) is 6.38. The number of pyridine rings is 1. The van der Waals surface area contributed by atoms with E-state index in [2.05, 4.69) is 4.98 Å². The first-order valence-corrected chi connectivity index (χ1v) is 6.51. The van der Waals surface area contributed by atoms with Gasteiger partial charge in [-0.05, 0) is 30.7 Å². The fourth-order valence-electron chi connectivity index (χ4n) is 1.73. The zero-order chi connectivity index (χ0) is 14.5. The summed E-state index contributed by atoms with van der Waals surface area (Å²) in [4.78, 5) is 3.98. The van der Waals surface area contributed by atoms with E-state index in [1.165, 1.54) is 0 Å². The number of hydrogen-bond donors (Lipinski definition) is 1. The average Bonchev–Trinajstić information content (AvgIpc) is 2.46. The molecule has 0 aliphatic rings. The van der Waals surface area contributed by atoms with Crippen LogP contribution >= 0.6 is 11.6 Å². The van der Waals surface area contributed by atoms with Crippen molar-refractivity contribution in [3.05, 3.63) is 58.4 Å². The molecule has 1 aromatic heterocycles. The molecule has 1 aromatic carbocycles. The van der Waals surface area contributed by atoms with Crippen molar-refractivity contribution in [3.8, 4) is 11.8 Å². The zero-order valence-electron chi connectivity index (χ0n) is 11.0. The molecule has 1 heterocycles. The lowest BCUT2D eigenvalue weighted by atomic mass is 10.1. The van der Waals surface area contributed by atoms with E-state index < -0.39 is 0 Å². The van der Waals surface area contributed by atoms with E-state index in [0.717, 1.165) is 11.1 Å². The molecule has 2 N–H and O–H groups in total. The van der Waals surface area contributed by atoms with Crippen molar-refractivity contribution in [1.29, 1.82) is 5.26 Å². The largest absolute Gasteiger partial charge is 0.487 e. The lowest BCUT2D eigenvalue weighted by Gasteiger charge is -2.11. The highest BCUT2D eigenvalue weighted by Gasteiger charge is 2.08. The van der Waals surface area contributed by atoms with Gasteiger partial charge in [-0.3, -0.25) is 0 Å². The molecule has 0 aliphatic carbocycles. The maximum atomic E-state index is 8.96. The Bertz CT molecular complexity index is 650. The van der Waals surface area contributed by atoms with Crippen LogP contribution in [0, 0.1) is 11.3 Å². The van der Waals surface area contributed by atoms with Crippen LogP contribution in [0.25, 0.3) is 0 Å². The maximum Gasteiger partial charge on any atom is 0.147 e. The van der Waals surface area contributed by atoms with Gasteiger partial charge in [-0.15, -0.1) is 0 Å². The normalized spacial score (nSPS) is 11.7. The molecule has 2 aromatic rings. The van der Waals surface area contributed by atoms with Gasteiger partial charge in [-0.2, -0.15) is 5.26 Å². The van der Waals surface area contributed by atoms with Gasteiger partial charge in [-0.25, -0.2) is 4.98 Å². The Balaban J connectivity index is 2.14. The van der Waals surface area contributed by atoms with E-state index in [4.69, 9.17) is 27.3 Å². The summed E-state index contributed by atoms with van der Waals surface area (Å²) in [6.45, 7) is 2.13. The number of nitrogens with zero attached hydrogens (tertiary/aromatic N) is 2. The average molecular weight is 288 g/mol. The number of ether oxygens (including phenoxy) is 1. The molecule has 0 radical (unpaired) electrons. The Hall–Kier alpha value is -2.09. The fourth-order valence-corrected chi connectivity index (χ4v) is 1.97. The molecule has 20 heavy (non-hydrogen) atoms. The molecule has 0 unspecified atom stereocenters. The summed E-state index contributed by atoms with van der Waals surface area (Å²) in [6, 6.07) is 11.0. The summed E-state index contributed by atoms with van der Waals surface area (Å²) in [5.74, 6) is 0.559. The number of nitriles is 1. The van der Waals surface area contributed by atoms with Gasteiger partial charge >= 0.3 is 0 Å². The van der Waals surface area contributed by atoms with Gasteiger partial charge < -0.3 is 10.5 Å². The fraction of sp³-hybridized carbons (Fsp3) is 0.200. The number of hydrogen-bond acceptors (Lipinski definition) is 4. The minimum Gasteiger partial charge on any atom is -0.487 e. The molecule has 0 fully saturated rings. The van der Waals surface area contributed by atoms with Crippen LogP contribution in [0.4, 0.5) is 0 Å². The molecular formula is C15H14ClN3O. The van der Waals surface area contributed by atoms with Crippen molar-refractivity contribution >= 4 is 11.6 Å². The highest BCUT2D eigenvalue weighted by Crippen LogP contribution is 2.28. The van der Waals surface area contributed by atoms with Gasteiger partial charge in [0.2, 0.25) is 0 Å². The Kier molecular flexibility index (Phi) is 4.57. The van der Waals surface area contributed by atoms with E-state index in [9.17, 15) is 0 Å². The summed E-state index contributed by atoms with van der Waals surface area (Å²) in [6.07, 6.45) is 1.58. The van der Waals surface area contributed by atoms with E-state index >= 15 is 0 Å². The number of benzene rings is 1. The van der Waals surface area contributed by atoms with Crippen molar-refractivity contribution in [2.24, 2.45) is 5.73 Å². The first-order valence-electron chi connectivity index (χ1n) is 6.13. The van der Waals surface area contributed by atoms with Crippen LogP contribution in [-0.2, 0) is 6.61 Å². The quantitative estimate of drug-likeness (QED) is 0.937. The highest BCUT2D eigenvalue weighted by molar-refractivity contribution is 6.32. The van der Waals surface area contributed by atoms with E-state index in [1.54, 1.807) is 30.5 Å². The van der Waals surface area contributed by atoms with Gasteiger partial charge in [0, 0.05) is 17.8 Å². The predicted octanol–water partition coefficient (Wildman–Crippen LogP) is 3.21. The standard InChI is InChI=1S/C15H14ClN3O/c1-10(18)11-4-5-15(13(16)7-11)20-9-12-3-2-6-19-14(12)8-17/h2-7,10H,9,18H2,1H3/t10-/m1/s1. The minimum atomic E-state index is -0.0786. The maximum absolute atomic E-state index is 8.96. The molecule has 4 nitrogen and oxygen atoms in total. The first kappa shape index (κ1) is 14.3. The topological polar surface area (TPSA) is 71.9 Å². The van der Waals surface area contributed by atoms with Crippen molar-refractivity contribution in [3.63, 3.8) is 0 Å². The third kappa shape index (κ3) is 3.27. The number of aromatic nitrogens is 1. The monoisotopic (exact) mass is 287 g/mol. The molecule has 102 valence electrons. The van der Waals surface area contributed by atoms with Gasteiger partial charge in [0.15, 0.2) is 0 Å². The van der Waals surface area contributed by atoms with Crippen LogP contribution in [0.5, 0.6) is 5.75 Å². The Morgan fingerprint density at radius 1 is 1.45 bits per heavy atom. The SMILES string of the molecule is C[C@@H](N)c1ccc(OCc2cccnc2C#N)c(Cl)c1. The molecule has 5 heteroatoms. The van der Waals surface area contributed by atoms with Crippen LogP contribution in [0.2, 0.25) is 5.02 Å². The van der Waals surface area contributed by atoms with E-state index in [-0.39, 0.29) is 12.6 Å². The number of nitrogens with two attached hydrogens (primary N) is 1. The second-order valence-electron chi connectivity index (χ2n) is 4.39. The molecule has 0 bridgehead atoms. The lowest BCUT2D eigenvalue weighted by Crippen LogP contribution is -2.05. The van der Waals surface area contributed by atoms with Gasteiger partial charge in [0.25, 0.3) is 0 Å². The minimum absolute atomic E-state index is 0.0786. The molecule has 0 saturated carbocycles. The summed E-state index contributed by atoms with van der Waals surface area (Å²) in [7, 11) is 0. The summed E-state index contributed by atoms with van der Waals surface area (Å²) in [5, 5.41) is 9.46. The lowest BCUT2D eigenvalue weighted by molar-refractivity contribution is 0.305. The van der Waals surface area contributed by atoms with Crippen molar-refractivity contribution < 1.29 is 4.74 Å². The molecule has 0 amide bonds. The first-order chi connectivity index (χ1) is 9.61. The second-order valence-corrected chi connectivity index (χ2v) is 4.80. The number of halogens is 1. The van der Waals surface area contributed by atoms with E-state index in [1.807, 2.05) is 19.1 Å². The number of rotatable bonds is 4. The van der Waals surface area contributed by atoms with Crippen LogP contribution in [0.15, 0.2) is 36.5 Å². The molecule has 0 aliphatic heterocycles. The van der Waals surface area contributed by atoms with Gasteiger partial charge in [0.05, 0.1) is 5.02 Å². The molecule has 0 saturated heterocycles. The van der Waals surface area contributed by atoms with Crippen LogP contribution in [0.1, 0.15) is 29.8 Å². The summed E-state index contributed by atoms with van der Waals surface area (Å²) < 4.78 is 5.64. The van der Waals surface area contributed by atoms with Crippen LogP contribution in [0.3, 0.4) is 0 Å². The zero-order valence-corrected chi connectivity index (χ0v) is 11.8. The summed E-state index contributed by atoms with van der Waals surface area (Å²) in [5.41, 5.74) is 7.82. The molecular weight excluding hydrogens is 274 g/mol. The van der Waals surface area contributed by atoms with Crippen molar-refractivity contribution in [2.75, 3.05) is 0 Å². The van der Waals surface area contributed by atoms with E-state index in [0.29, 0.717) is 16.5 Å². The van der Waals surface area contributed by atoms with Crippen LogP contribution < -0.4 is 10.5 Å². The molecule has 0 spiro atoms. The summed E-state index contributed by atoms with van der Waals surface area (Å²) >= 11 is 6.15. The van der Waals surface area contributed by atoms with Crippen molar-refractivity contribution in [2.45, 2.75) is 19.6 Å². The Labute approximate surface area is 122 Å². The molecule has 2 rings (SSSR count). The predicted molar refractivity (Wildman–Crippen MR) is 77.3 cm³/mol. The third-order valence-electron chi connectivity index (χ3n) is 2.86. The van der Waals surface area contributed by atoms with Crippen molar-refractivity contribution in [1.82, 2.24) is 4.98 Å².